The van der Waals surface area contributed by atoms with Gasteiger partial charge in [0.1, 0.15) is 5.76 Å². The molecular weight excluding hydrogens is 294 g/mol. The first-order chi connectivity index (χ1) is 11.1. The van der Waals surface area contributed by atoms with Crippen molar-refractivity contribution < 1.29 is 13.9 Å². The summed E-state index contributed by atoms with van der Waals surface area (Å²) in [6.45, 7) is 9.54. The van der Waals surface area contributed by atoms with Gasteiger partial charge >= 0.3 is 6.03 Å². The maximum Gasteiger partial charge on any atom is 0.317 e. The average Bonchev–Trinajstić information content (AvgIpc) is 3.07. The highest BCUT2D eigenvalue weighted by molar-refractivity contribution is 5.74. The standard InChI is InChI=1S/C17H27N3O3/c1-14(2)18-16(21)20-7-9-22-13-17(12-20)5-6-19(11-17)10-15-4-3-8-23-15/h3-4,8,14H,5-7,9-13H2,1-2H3,(H,18,21). The maximum atomic E-state index is 12.4. The number of nitrogens with zero attached hydrogens (tertiary/aromatic N) is 2. The molecular formula is C17H27N3O3. The topological polar surface area (TPSA) is 58.0 Å². The zero-order valence-electron chi connectivity index (χ0n) is 14.1. The number of hydrogen-bond donors (Lipinski definition) is 1. The van der Waals surface area contributed by atoms with Crippen LogP contribution in [0.5, 0.6) is 0 Å². The molecule has 6 heteroatoms. The Bertz CT molecular complexity index is 517. The predicted octanol–water partition coefficient (Wildman–Crippen LogP) is 1.92. The van der Waals surface area contributed by atoms with E-state index in [1.807, 2.05) is 30.9 Å². The van der Waals surface area contributed by atoms with Crippen molar-refractivity contribution in [2.45, 2.75) is 32.9 Å². The number of furan rings is 1. The molecule has 1 atom stereocenters. The molecule has 0 aliphatic carbocycles. The lowest BCUT2D eigenvalue weighted by Gasteiger charge is -2.32. The van der Waals surface area contributed by atoms with Gasteiger partial charge in [-0.15, -0.1) is 0 Å². The predicted molar refractivity (Wildman–Crippen MR) is 87.1 cm³/mol. The summed E-state index contributed by atoms with van der Waals surface area (Å²) in [6, 6.07) is 4.11. The molecule has 0 aromatic carbocycles. The van der Waals surface area contributed by atoms with Gasteiger partial charge in [-0.3, -0.25) is 4.90 Å². The molecule has 0 bridgehead atoms. The summed E-state index contributed by atoms with van der Waals surface area (Å²) in [5, 5.41) is 3.00. The second-order valence-electron chi connectivity index (χ2n) is 7.12. The Morgan fingerprint density at radius 3 is 3.00 bits per heavy atom. The van der Waals surface area contributed by atoms with E-state index in [9.17, 15) is 4.79 Å². The minimum Gasteiger partial charge on any atom is -0.468 e. The van der Waals surface area contributed by atoms with Crippen molar-refractivity contribution in [1.29, 1.82) is 0 Å². The first kappa shape index (κ1) is 16.3. The minimum absolute atomic E-state index is 0.0226. The van der Waals surface area contributed by atoms with Crippen molar-refractivity contribution in [2.75, 3.05) is 39.4 Å². The Labute approximate surface area is 137 Å². The van der Waals surface area contributed by atoms with Crippen LogP contribution in [0.2, 0.25) is 0 Å². The third-order valence-electron chi connectivity index (χ3n) is 4.62. The molecule has 2 saturated heterocycles. The Morgan fingerprint density at radius 2 is 2.26 bits per heavy atom. The van der Waals surface area contributed by atoms with E-state index in [1.165, 1.54) is 0 Å². The van der Waals surface area contributed by atoms with E-state index in [4.69, 9.17) is 9.15 Å². The van der Waals surface area contributed by atoms with Crippen molar-refractivity contribution in [1.82, 2.24) is 15.1 Å². The number of amides is 2. The summed E-state index contributed by atoms with van der Waals surface area (Å²) >= 11 is 0. The van der Waals surface area contributed by atoms with Gasteiger partial charge in [0.15, 0.2) is 0 Å². The Hall–Kier alpha value is -1.53. The van der Waals surface area contributed by atoms with Crippen LogP contribution in [0.4, 0.5) is 4.79 Å². The smallest absolute Gasteiger partial charge is 0.317 e. The highest BCUT2D eigenvalue weighted by atomic mass is 16.5. The van der Waals surface area contributed by atoms with Crippen molar-refractivity contribution in [3.05, 3.63) is 24.2 Å². The zero-order chi connectivity index (χ0) is 16.3. The molecule has 1 aromatic heterocycles. The third-order valence-corrected chi connectivity index (χ3v) is 4.62. The number of likely N-dealkylation sites (tertiary alicyclic amines) is 1. The summed E-state index contributed by atoms with van der Waals surface area (Å²) < 4.78 is 11.3. The first-order valence-electron chi connectivity index (χ1n) is 8.44. The number of rotatable bonds is 3. The SMILES string of the molecule is CC(C)NC(=O)N1CCOCC2(CCN(Cc3ccco3)C2)C1. The van der Waals surface area contributed by atoms with E-state index in [0.717, 1.165) is 45.0 Å². The number of hydrogen-bond acceptors (Lipinski definition) is 4. The van der Waals surface area contributed by atoms with Crippen LogP contribution in [0.25, 0.3) is 0 Å². The summed E-state index contributed by atoms with van der Waals surface area (Å²) in [5.41, 5.74) is 0.0391. The van der Waals surface area contributed by atoms with Crippen molar-refractivity contribution in [3.8, 4) is 0 Å². The quantitative estimate of drug-likeness (QED) is 0.924. The fourth-order valence-electron chi connectivity index (χ4n) is 3.54. The van der Waals surface area contributed by atoms with Crippen LogP contribution in [-0.2, 0) is 11.3 Å². The third kappa shape index (κ3) is 4.06. The minimum atomic E-state index is 0.0226. The number of carbonyl (C=O) groups is 1. The molecule has 3 rings (SSSR count). The van der Waals surface area contributed by atoms with Crippen LogP contribution < -0.4 is 5.32 Å². The lowest BCUT2D eigenvalue weighted by Crippen LogP contribution is -2.48. The Morgan fingerprint density at radius 1 is 1.39 bits per heavy atom. The summed E-state index contributed by atoms with van der Waals surface area (Å²) in [4.78, 5) is 16.7. The number of nitrogens with one attached hydrogen (secondary N) is 1. The number of carbonyl (C=O) groups excluding carboxylic acids is 1. The van der Waals surface area contributed by atoms with E-state index in [-0.39, 0.29) is 17.5 Å². The molecule has 2 aliphatic heterocycles. The monoisotopic (exact) mass is 321 g/mol. The van der Waals surface area contributed by atoms with Gasteiger partial charge in [0.05, 0.1) is 26.0 Å². The molecule has 23 heavy (non-hydrogen) atoms. The second-order valence-corrected chi connectivity index (χ2v) is 7.12. The molecule has 0 saturated carbocycles. The molecule has 6 nitrogen and oxygen atoms in total. The summed E-state index contributed by atoms with van der Waals surface area (Å²) in [5.74, 6) is 0.992. The van der Waals surface area contributed by atoms with Gasteiger partial charge in [0.2, 0.25) is 0 Å². The van der Waals surface area contributed by atoms with Crippen molar-refractivity contribution in [2.24, 2.45) is 5.41 Å². The lowest BCUT2D eigenvalue weighted by atomic mass is 9.87. The number of urea groups is 1. The summed E-state index contributed by atoms with van der Waals surface area (Å²) in [6.07, 6.45) is 2.77. The fourth-order valence-corrected chi connectivity index (χ4v) is 3.54. The van der Waals surface area contributed by atoms with Gasteiger partial charge in [0, 0.05) is 31.1 Å². The van der Waals surface area contributed by atoms with Gasteiger partial charge in [0.25, 0.3) is 0 Å². The molecule has 2 aliphatic rings. The van der Waals surface area contributed by atoms with Crippen LogP contribution in [-0.4, -0.2) is 61.3 Å². The zero-order valence-corrected chi connectivity index (χ0v) is 14.1. The Balaban J connectivity index is 1.62. The molecule has 1 N–H and O–H groups in total. The molecule has 1 unspecified atom stereocenters. The number of ether oxygens (including phenoxy) is 1. The molecule has 1 aromatic rings. The van der Waals surface area contributed by atoms with Gasteiger partial charge in [-0.2, -0.15) is 0 Å². The molecule has 128 valence electrons. The molecule has 2 fully saturated rings. The Kier molecular flexibility index (Phi) is 4.92. The van der Waals surface area contributed by atoms with Gasteiger partial charge in [-0.05, 0) is 38.9 Å². The van der Waals surface area contributed by atoms with Crippen molar-refractivity contribution >= 4 is 6.03 Å². The fraction of sp³-hybridized carbons (Fsp3) is 0.706. The van der Waals surface area contributed by atoms with Crippen LogP contribution >= 0.6 is 0 Å². The van der Waals surface area contributed by atoms with Crippen molar-refractivity contribution in [3.63, 3.8) is 0 Å². The van der Waals surface area contributed by atoms with E-state index >= 15 is 0 Å². The van der Waals surface area contributed by atoms with Gasteiger partial charge < -0.3 is 19.4 Å². The normalized spacial score (nSPS) is 26.0. The average molecular weight is 321 g/mol. The van der Waals surface area contributed by atoms with E-state index < -0.39 is 0 Å². The van der Waals surface area contributed by atoms with Crippen LogP contribution in [0, 0.1) is 5.41 Å². The highest BCUT2D eigenvalue weighted by Crippen LogP contribution is 2.34. The molecule has 3 heterocycles. The van der Waals surface area contributed by atoms with E-state index in [1.54, 1.807) is 6.26 Å². The molecule has 0 radical (unpaired) electrons. The van der Waals surface area contributed by atoms with Crippen LogP contribution in [0.3, 0.4) is 0 Å². The van der Waals surface area contributed by atoms with E-state index in [0.29, 0.717) is 13.2 Å². The summed E-state index contributed by atoms with van der Waals surface area (Å²) in [7, 11) is 0. The molecule has 2 amide bonds. The maximum absolute atomic E-state index is 12.4. The van der Waals surface area contributed by atoms with Gasteiger partial charge in [-0.1, -0.05) is 0 Å². The van der Waals surface area contributed by atoms with Crippen LogP contribution in [0.15, 0.2) is 22.8 Å². The highest BCUT2D eigenvalue weighted by Gasteiger charge is 2.42. The first-order valence-corrected chi connectivity index (χ1v) is 8.44. The van der Waals surface area contributed by atoms with Gasteiger partial charge in [-0.25, -0.2) is 4.79 Å². The largest absolute Gasteiger partial charge is 0.468 e. The lowest BCUT2D eigenvalue weighted by molar-refractivity contribution is 0.0709. The van der Waals surface area contributed by atoms with Crippen LogP contribution in [0.1, 0.15) is 26.0 Å². The van der Waals surface area contributed by atoms with E-state index in [2.05, 4.69) is 10.2 Å². The molecule has 1 spiro atoms. The second kappa shape index (κ2) is 6.93.